The number of fused-ring (bicyclic) bond motifs is 2. The largest absolute Gasteiger partial charge is 0.481 e. The Bertz CT molecular complexity index is 845. The van der Waals surface area contributed by atoms with Crippen LogP contribution in [0.4, 0.5) is 0 Å². The quantitative estimate of drug-likeness (QED) is 0.728. The van der Waals surface area contributed by atoms with Crippen molar-refractivity contribution in [2.24, 2.45) is 5.92 Å². The highest BCUT2D eigenvalue weighted by atomic mass is 16.4. The topological polar surface area (TPSA) is 40.5 Å². The van der Waals surface area contributed by atoms with Crippen LogP contribution in [0, 0.1) is 5.92 Å². The number of hydrogen-bond donors (Lipinski definition) is 1. The minimum absolute atomic E-state index is 0.213. The highest BCUT2D eigenvalue weighted by Gasteiger charge is 2.24. The van der Waals surface area contributed by atoms with Crippen LogP contribution in [-0.4, -0.2) is 35.6 Å². The molecule has 3 nitrogen and oxygen atoms in total. The molecule has 1 saturated heterocycles. The van der Waals surface area contributed by atoms with E-state index < -0.39 is 5.97 Å². The second kappa shape index (κ2) is 7.93. The third-order valence-corrected chi connectivity index (χ3v) is 5.59. The van der Waals surface area contributed by atoms with Gasteiger partial charge in [0.15, 0.2) is 0 Å². The smallest absolute Gasteiger partial charge is 0.307 e. The van der Waals surface area contributed by atoms with E-state index in [1.807, 2.05) is 0 Å². The van der Waals surface area contributed by atoms with Crippen molar-refractivity contribution in [3.05, 3.63) is 76.9 Å². The van der Waals surface area contributed by atoms with E-state index in [1.165, 1.54) is 27.8 Å². The number of nitrogens with zero attached hydrogens (tertiary/aromatic N) is 1. The van der Waals surface area contributed by atoms with Gasteiger partial charge in [-0.05, 0) is 53.6 Å². The Labute approximate surface area is 160 Å². The lowest BCUT2D eigenvalue weighted by molar-refractivity contribution is -0.143. The summed E-state index contributed by atoms with van der Waals surface area (Å²) in [4.78, 5) is 13.6. The van der Waals surface area contributed by atoms with E-state index in [4.69, 9.17) is 0 Å². The Morgan fingerprint density at radius 3 is 2.30 bits per heavy atom. The van der Waals surface area contributed by atoms with Gasteiger partial charge in [-0.2, -0.15) is 0 Å². The number of carboxylic acid groups (broad SMARTS) is 1. The number of likely N-dealkylation sites (tertiary alicyclic amines) is 1. The number of aliphatic carboxylic acids is 1. The van der Waals surface area contributed by atoms with E-state index >= 15 is 0 Å². The monoisotopic (exact) mass is 359 g/mol. The molecule has 0 radical (unpaired) electrons. The van der Waals surface area contributed by atoms with Gasteiger partial charge in [0, 0.05) is 13.1 Å². The predicted octanol–water partition coefficient (Wildman–Crippen LogP) is 4.79. The van der Waals surface area contributed by atoms with Gasteiger partial charge in [0.05, 0.1) is 5.92 Å². The van der Waals surface area contributed by atoms with Gasteiger partial charge in [0.1, 0.15) is 0 Å². The fourth-order valence-electron chi connectivity index (χ4n) is 4.17. The normalized spacial score (nSPS) is 19.1. The number of piperidine rings is 1. The Morgan fingerprint density at radius 1 is 1.04 bits per heavy atom. The molecule has 2 aromatic rings. The first-order valence-electron chi connectivity index (χ1n) is 9.74. The van der Waals surface area contributed by atoms with E-state index in [-0.39, 0.29) is 5.92 Å². The molecule has 1 aliphatic heterocycles. The molecule has 0 bridgehead atoms. The third kappa shape index (κ3) is 3.88. The molecule has 1 atom stereocenters. The molecule has 2 aliphatic rings. The van der Waals surface area contributed by atoms with Gasteiger partial charge in [-0.3, -0.25) is 4.79 Å². The van der Waals surface area contributed by atoms with Crippen LogP contribution in [0.1, 0.15) is 41.5 Å². The van der Waals surface area contributed by atoms with Crippen molar-refractivity contribution in [2.45, 2.75) is 19.3 Å². The molecule has 1 N–H and O–H groups in total. The van der Waals surface area contributed by atoms with Crippen LogP contribution < -0.4 is 0 Å². The molecule has 1 unspecified atom stereocenters. The SMILES string of the molecule is O=C(O)C1CCCN(CCC=C2c3ccccc3C=Cc3ccccc32)C1. The lowest BCUT2D eigenvalue weighted by Crippen LogP contribution is -2.39. The minimum Gasteiger partial charge on any atom is -0.481 e. The molecule has 0 amide bonds. The molecule has 1 fully saturated rings. The molecular weight excluding hydrogens is 334 g/mol. The summed E-state index contributed by atoms with van der Waals surface area (Å²) in [6.45, 7) is 2.58. The fraction of sp³-hybridized carbons (Fsp3) is 0.292. The summed E-state index contributed by atoms with van der Waals surface area (Å²) in [5.41, 5.74) is 6.28. The second-order valence-electron chi connectivity index (χ2n) is 7.39. The standard InChI is InChI=1S/C24H25NO2/c26-24(27)20-9-5-15-25(17-20)16-6-12-23-21-10-3-1-7-18(21)13-14-19-8-2-4-11-22(19)23/h1-4,7-8,10-14,20H,5-6,9,15-17H2,(H,26,27). The molecule has 138 valence electrons. The predicted molar refractivity (Wildman–Crippen MR) is 110 cm³/mol. The van der Waals surface area contributed by atoms with E-state index in [0.717, 1.165) is 32.4 Å². The van der Waals surface area contributed by atoms with Crippen molar-refractivity contribution >= 4 is 23.7 Å². The summed E-state index contributed by atoms with van der Waals surface area (Å²) >= 11 is 0. The maximum Gasteiger partial charge on any atom is 0.307 e. The minimum atomic E-state index is -0.657. The van der Waals surface area contributed by atoms with Crippen LogP contribution in [0.5, 0.6) is 0 Å². The van der Waals surface area contributed by atoms with Crippen molar-refractivity contribution in [1.82, 2.24) is 4.90 Å². The van der Waals surface area contributed by atoms with E-state index in [1.54, 1.807) is 0 Å². The Hall–Kier alpha value is -2.65. The number of carboxylic acids is 1. The maximum absolute atomic E-state index is 11.3. The van der Waals surface area contributed by atoms with E-state index in [0.29, 0.717) is 6.54 Å². The van der Waals surface area contributed by atoms with Gasteiger partial charge in [-0.25, -0.2) is 0 Å². The molecule has 1 aliphatic carbocycles. The fourth-order valence-corrected chi connectivity index (χ4v) is 4.17. The van der Waals surface area contributed by atoms with Crippen LogP contribution in [-0.2, 0) is 4.79 Å². The maximum atomic E-state index is 11.3. The zero-order valence-corrected chi connectivity index (χ0v) is 15.5. The lowest BCUT2D eigenvalue weighted by atomic mass is 9.92. The van der Waals surface area contributed by atoms with Crippen molar-refractivity contribution in [1.29, 1.82) is 0 Å². The highest BCUT2D eigenvalue weighted by Crippen LogP contribution is 2.34. The Balaban J connectivity index is 1.57. The van der Waals surface area contributed by atoms with Gasteiger partial charge < -0.3 is 10.0 Å². The van der Waals surface area contributed by atoms with Crippen LogP contribution in [0.25, 0.3) is 17.7 Å². The molecule has 0 aromatic heterocycles. The summed E-state index contributed by atoms with van der Waals surface area (Å²) in [7, 11) is 0. The first-order valence-corrected chi connectivity index (χ1v) is 9.74. The van der Waals surface area contributed by atoms with E-state index in [9.17, 15) is 9.90 Å². The van der Waals surface area contributed by atoms with Crippen LogP contribution in [0.2, 0.25) is 0 Å². The van der Waals surface area contributed by atoms with Gasteiger partial charge in [-0.1, -0.05) is 66.8 Å². The zero-order chi connectivity index (χ0) is 18.6. The van der Waals surface area contributed by atoms with E-state index in [2.05, 4.69) is 71.7 Å². The Morgan fingerprint density at radius 2 is 1.67 bits per heavy atom. The number of hydrogen-bond acceptors (Lipinski definition) is 2. The number of rotatable bonds is 4. The summed E-state index contributed by atoms with van der Waals surface area (Å²) in [5, 5.41) is 9.29. The van der Waals surface area contributed by atoms with Gasteiger partial charge in [-0.15, -0.1) is 0 Å². The zero-order valence-electron chi connectivity index (χ0n) is 15.5. The summed E-state index contributed by atoms with van der Waals surface area (Å²) in [5.74, 6) is -0.870. The average Bonchev–Trinajstić information content (AvgIpc) is 2.86. The first kappa shape index (κ1) is 17.7. The molecular formula is C24H25NO2. The summed E-state index contributed by atoms with van der Waals surface area (Å²) in [6, 6.07) is 17.0. The summed E-state index contributed by atoms with van der Waals surface area (Å²) < 4.78 is 0. The van der Waals surface area contributed by atoms with Gasteiger partial charge in [0.25, 0.3) is 0 Å². The molecule has 27 heavy (non-hydrogen) atoms. The Kier molecular flexibility index (Phi) is 5.21. The molecule has 2 aromatic carbocycles. The van der Waals surface area contributed by atoms with Gasteiger partial charge >= 0.3 is 5.97 Å². The third-order valence-electron chi connectivity index (χ3n) is 5.59. The van der Waals surface area contributed by atoms with Crippen LogP contribution in [0.15, 0.2) is 54.6 Å². The lowest BCUT2D eigenvalue weighted by Gasteiger charge is -2.30. The van der Waals surface area contributed by atoms with Crippen LogP contribution >= 0.6 is 0 Å². The van der Waals surface area contributed by atoms with Gasteiger partial charge in [0.2, 0.25) is 0 Å². The van der Waals surface area contributed by atoms with Crippen molar-refractivity contribution in [3.8, 4) is 0 Å². The number of carbonyl (C=O) groups is 1. The molecule has 1 heterocycles. The molecule has 4 rings (SSSR count). The van der Waals surface area contributed by atoms with Crippen molar-refractivity contribution < 1.29 is 9.90 Å². The molecule has 0 saturated carbocycles. The summed E-state index contributed by atoms with van der Waals surface area (Å²) in [6.07, 6.45) is 9.41. The first-order chi connectivity index (χ1) is 13.2. The highest BCUT2D eigenvalue weighted by molar-refractivity contribution is 5.93. The molecule has 0 spiro atoms. The van der Waals surface area contributed by atoms with Crippen molar-refractivity contribution in [3.63, 3.8) is 0 Å². The average molecular weight is 359 g/mol. The second-order valence-corrected chi connectivity index (χ2v) is 7.39. The molecule has 3 heteroatoms. The van der Waals surface area contributed by atoms with Crippen LogP contribution in [0.3, 0.4) is 0 Å². The van der Waals surface area contributed by atoms with Crippen molar-refractivity contribution in [2.75, 3.05) is 19.6 Å². The number of benzene rings is 2.